The van der Waals surface area contributed by atoms with Gasteiger partial charge in [-0.2, -0.15) is 0 Å². The Balaban J connectivity index is 1.94. The van der Waals surface area contributed by atoms with Crippen LogP contribution in [0.2, 0.25) is 0 Å². The van der Waals surface area contributed by atoms with E-state index in [1.165, 1.54) is 5.56 Å². The number of hydrogen-bond acceptors (Lipinski definition) is 2. The molecule has 1 heterocycles. The molecule has 2 nitrogen and oxygen atoms in total. The predicted octanol–water partition coefficient (Wildman–Crippen LogP) is 1.91. The standard InChI is InChI=1S/C14H22N2/c1-14(2)11-15-13(10-16(14)3)9-12-7-5-4-6-8-12/h4-8,13,15H,9-11H2,1-3H3. The normalized spacial score (nSPS) is 25.6. The molecule has 1 aromatic rings. The molecule has 16 heavy (non-hydrogen) atoms. The Bertz CT molecular complexity index is 332. The molecular formula is C14H22N2. The lowest BCUT2D eigenvalue weighted by Gasteiger charge is -2.44. The van der Waals surface area contributed by atoms with E-state index < -0.39 is 0 Å². The second kappa shape index (κ2) is 4.56. The Hall–Kier alpha value is -0.860. The summed E-state index contributed by atoms with van der Waals surface area (Å²) in [6, 6.07) is 11.3. The van der Waals surface area contributed by atoms with Crippen LogP contribution in [0.25, 0.3) is 0 Å². The third kappa shape index (κ3) is 2.63. The van der Waals surface area contributed by atoms with Crippen molar-refractivity contribution in [2.45, 2.75) is 31.8 Å². The summed E-state index contributed by atoms with van der Waals surface area (Å²) in [5.74, 6) is 0. The zero-order valence-electron chi connectivity index (χ0n) is 10.5. The van der Waals surface area contributed by atoms with Gasteiger partial charge in [-0.1, -0.05) is 30.3 Å². The molecule has 1 N–H and O–H groups in total. The number of hydrogen-bond donors (Lipinski definition) is 1. The van der Waals surface area contributed by atoms with Crippen molar-refractivity contribution >= 4 is 0 Å². The van der Waals surface area contributed by atoms with E-state index >= 15 is 0 Å². The maximum absolute atomic E-state index is 3.65. The Morgan fingerprint density at radius 3 is 2.62 bits per heavy atom. The van der Waals surface area contributed by atoms with Gasteiger partial charge < -0.3 is 5.32 Å². The molecule has 2 rings (SSSR count). The molecule has 0 spiro atoms. The second-order valence-corrected chi connectivity index (χ2v) is 5.46. The zero-order chi connectivity index (χ0) is 11.6. The maximum Gasteiger partial charge on any atom is 0.0275 e. The molecular weight excluding hydrogens is 196 g/mol. The molecule has 0 aliphatic carbocycles. The third-order valence-electron chi connectivity index (χ3n) is 3.68. The van der Waals surface area contributed by atoms with Gasteiger partial charge in [0.15, 0.2) is 0 Å². The van der Waals surface area contributed by atoms with Gasteiger partial charge in [0, 0.05) is 24.7 Å². The van der Waals surface area contributed by atoms with E-state index in [1.807, 2.05) is 0 Å². The summed E-state index contributed by atoms with van der Waals surface area (Å²) in [5.41, 5.74) is 1.71. The van der Waals surface area contributed by atoms with Crippen molar-refractivity contribution in [1.82, 2.24) is 10.2 Å². The summed E-state index contributed by atoms with van der Waals surface area (Å²) >= 11 is 0. The van der Waals surface area contributed by atoms with E-state index in [0.29, 0.717) is 6.04 Å². The van der Waals surface area contributed by atoms with E-state index in [4.69, 9.17) is 0 Å². The van der Waals surface area contributed by atoms with Crippen LogP contribution in [-0.4, -0.2) is 36.6 Å². The smallest absolute Gasteiger partial charge is 0.0275 e. The van der Waals surface area contributed by atoms with Crippen LogP contribution in [0.15, 0.2) is 30.3 Å². The van der Waals surface area contributed by atoms with Crippen molar-refractivity contribution in [1.29, 1.82) is 0 Å². The van der Waals surface area contributed by atoms with Crippen LogP contribution in [0.3, 0.4) is 0 Å². The van der Waals surface area contributed by atoms with Gasteiger partial charge in [0.05, 0.1) is 0 Å². The summed E-state index contributed by atoms with van der Waals surface area (Å²) in [7, 11) is 2.22. The highest BCUT2D eigenvalue weighted by Crippen LogP contribution is 2.17. The van der Waals surface area contributed by atoms with Crippen molar-refractivity contribution in [2.24, 2.45) is 0 Å². The van der Waals surface area contributed by atoms with Gasteiger partial charge >= 0.3 is 0 Å². The quantitative estimate of drug-likeness (QED) is 0.816. The van der Waals surface area contributed by atoms with Gasteiger partial charge in [0.1, 0.15) is 0 Å². The van der Waals surface area contributed by atoms with Gasteiger partial charge in [0.25, 0.3) is 0 Å². The van der Waals surface area contributed by atoms with Crippen LogP contribution in [0, 0.1) is 0 Å². The molecule has 0 saturated carbocycles. The van der Waals surface area contributed by atoms with Crippen LogP contribution in [0.4, 0.5) is 0 Å². The molecule has 1 fully saturated rings. The lowest BCUT2D eigenvalue weighted by atomic mass is 9.95. The topological polar surface area (TPSA) is 15.3 Å². The average Bonchev–Trinajstić information content (AvgIpc) is 2.26. The second-order valence-electron chi connectivity index (χ2n) is 5.46. The lowest BCUT2D eigenvalue weighted by molar-refractivity contribution is 0.0945. The van der Waals surface area contributed by atoms with Crippen LogP contribution in [0.1, 0.15) is 19.4 Å². The molecule has 1 saturated heterocycles. The molecule has 1 aliphatic rings. The summed E-state index contributed by atoms with van der Waals surface area (Å²) in [4.78, 5) is 2.46. The maximum atomic E-state index is 3.65. The zero-order valence-corrected chi connectivity index (χ0v) is 10.5. The number of benzene rings is 1. The largest absolute Gasteiger partial charge is 0.311 e. The predicted molar refractivity (Wildman–Crippen MR) is 68.6 cm³/mol. The number of nitrogens with one attached hydrogen (secondary N) is 1. The molecule has 0 radical (unpaired) electrons. The van der Waals surface area contributed by atoms with Crippen molar-refractivity contribution in [3.8, 4) is 0 Å². The van der Waals surface area contributed by atoms with Crippen molar-refractivity contribution < 1.29 is 0 Å². The molecule has 0 amide bonds. The van der Waals surface area contributed by atoms with Crippen LogP contribution in [-0.2, 0) is 6.42 Å². The van der Waals surface area contributed by atoms with E-state index in [-0.39, 0.29) is 5.54 Å². The number of likely N-dealkylation sites (N-methyl/N-ethyl adjacent to an activating group) is 1. The molecule has 1 aromatic carbocycles. The lowest BCUT2D eigenvalue weighted by Crippen LogP contribution is -2.60. The Morgan fingerprint density at radius 2 is 2.00 bits per heavy atom. The molecule has 88 valence electrons. The van der Waals surface area contributed by atoms with Gasteiger partial charge in [0.2, 0.25) is 0 Å². The Kier molecular flexibility index (Phi) is 3.31. The van der Waals surface area contributed by atoms with E-state index in [1.54, 1.807) is 0 Å². The van der Waals surface area contributed by atoms with Gasteiger partial charge in [-0.05, 0) is 32.9 Å². The third-order valence-corrected chi connectivity index (χ3v) is 3.68. The monoisotopic (exact) mass is 218 g/mol. The first-order chi connectivity index (χ1) is 7.58. The van der Waals surface area contributed by atoms with E-state index in [0.717, 1.165) is 19.5 Å². The summed E-state index contributed by atoms with van der Waals surface area (Å²) < 4.78 is 0. The van der Waals surface area contributed by atoms with Crippen molar-refractivity contribution in [3.63, 3.8) is 0 Å². The first kappa shape index (κ1) is 11.6. The fraction of sp³-hybridized carbons (Fsp3) is 0.571. The molecule has 0 aromatic heterocycles. The molecule has 2 heteroatoms. The first-order valence-corrected chi connectivity index (χ1v) is 6.06. The number of piperazine rings is 1. The Labute approximate surface area is 98.7 Å². The van der Waals surface area contributed by atoms with E-state index in [9.17, 15) is 0 Å². The van der Waals surface area contributed by atoms with Crippen molar-refractivity contribution in [3.05, 3.63) is 35.9 Å². The summed E-state index contributed by atoms with van der Waals surface area (Å²) in [5, 5.41) is 3.65. The van der Waals surface area contributed by atoms with Crippen LogP contribution < -0.4 is 5.32 Å². The van der Waals surface area contributed by atoms with Crippen LogP contribution >= 0.6 is 0 Å². The highest BCUT2D eigenvalue weighted by molar-refractivity contribution is 5.16. The fourth-order valence-corrected chi connectivity index (χ4v) is 2.21. The highest BCUT2D eigenvalue weighted by atomic mass is 15.2. The van der Waals surface area contributed by atoms with Gasteiger partial charge in [-0.15, -0.1) is 0 Å². The minimum absolute atomic E-state index is 0.285. The molecule has 1 atom stereocenters. The van der Waals surface area contributed by atoms with Gasteiger partial charge in [-0.3, -0.25) is 4.90 Å². The minimum Gasteiger partial charge on any atom is -0.311 e. The minimum atomic E-state index is 0.285. The molecule has 1 unspecified atom stereocenters. The summed E-state index contributed by atoms with van der Waals surface area (Å²) in [6.07, 6.45) is 1.13. The average molecular weight is 218 g/mol. The molecule has 1 aliphatic heterocycles. The van der Waals surface area contributed by atoms with Crippen LogP contribution in [0.5, 0.6) is 0 Å². The fourth-order valence-electron chi connectivity index (χ4n) is 2.21. The summed E-state index contributed by atoms with van der Waals surface area (Å²) in [6.45, 7) is 6.78. The number of nitrogens with zero attached hydrogens (tertiary/aromatic N) is 1. The highest BCUT2D eigenvalue weighted by Gasteiger charge is 2.30. The number of rotatable bonds is 2. The SMILES string of the molecule is CN1CC(Cc2ccccc2)NCC1(C)C. The van der Waals surface area contributed by atoms with Crippen molar-refractivity contribution in [2.75, 3.05) is 20.1 Å². The van der Waals surface area contributed by atoms with E-state index in [2.05, 4.69) is 61.4 Å². The van der Waals surface area contributed by atoms with Gasteiger partial charge in [-0.25, -0.2) is 0 Å². The first-order valence-electron chi connectivity index (χ1n) is 6.06. The molecule has 0 bridgehead atoms. The Morgan fingerprint density at radius 1 is 1.31 bits per heavy atom.